The second kappa shape index (κ2) is 4.36. The molecule has 0 radical (unpaired) electrons. The first kappa shape index (κ1) is 12.1. The first-order valence-electron chi connectivity index (χ1n) is 2.21. The van der Waals surface area contributed by atoms with Crippen molar-refractivity contribution in [1.29, 1.82) is 0 Å². The van der Waals surface area contributed by atoms with Crippen molar-refractivity contribution in [2.45, 2.75) is 4.21 Å². The molecule has 1 heterocycles. The molecule has 7 heteroatoms. The summed E-state index contributed by atoms with van der Waals surface area (Å²) in [6.45, 7) is 0. The van der Waals surface area contributed by atoms with E-state index in [0.29, 0.717) is 4.47 Å². The van der Waals surface area contributed by atoms with E-state index in [9.17, 15) is 8.42 Å². The van der Waals surface area contributed by atoms with Crippen LogP contribution in [0.4, 0.5) is 0 Å². The average Bonchev–Trinajstić information content (AvgIpc) is 2.11. The van der Waals surface area contributed by atoms with Gasteiger partial charge in [0.15, 0.2) is 0 Å². The van der Waals surface area contributed by atoms with E-state index < -0.39 is 10.1 Å². The zero-order valence-corrected chi connectivity index (χ0v) is 10.8. The summed E-state index contributed by atoms with van der Waals surface area (Å²) in [5, 5.41) is 1.59. The number of halogens is 1. The minimum Gasteiger partial charge on any atom is -1.00 e. The monoisotopic (exact) mass is 266 g/mol. The molecule has 1 rings (SSSR count). The number of rotatable bonds is 1. The van der Waals surface area contributed by atoms with Gasteiger partial charge in [-0.15, -0.1) is 11.3 Å². The van der Waals surface area contributed by atoms with Crippen molar-refractivity contribution >= 4 is 37.4 Å². The second-order valence-corrected chi connectivity index (χ2v) is 5.03. The van der Waals surface area contributed by atoms with Gasteiger partial charge >= 0.3 is 39.7 Å². The molecule has 1 N–H and O–H groups in total. The Balaban J connectivity index is 0. The fourth-order valence-electron chi connectivity index (χ4n) is 0.430. The molecule has 0 unspecified atom stereocenters. The van der Waals surface area contributed by atoms with Gasteiger partial charge in [-0.2, -0.15) is 8.42 Å². The Morgan fingerprint density at radius 3 is 2.36 bits per heavy atom. The van der Waals surface area contributed by atoms with Crippen molar-refractivity contribution in [3.8, 4) is 0 Å². The molecule has 0 aromatic carbocycles. The van der Waals surface area contributed by atoms with Crippen LogP contribution in [0, 0.1) is 0 Å². The van der Waals surface area contributed by atoms with Crippen LogP contribution < -0.4 is 29.6 Å². The van der Waals surface area contributed by atoms with Gasteiger partial charge in [-0.3, -0.25) is 4.55 Å². The van der Waals surface area contributed by atoms with Gasteiger partial charge in [0, 0.05) is 9.85 Å². The molecular formula is C4H4BrNaO3S2. The van der Waals surface area contributed by atoms with E-state index in [1.54, 1.807) is 5.38 Å². The molecule has 58 valence electrons. The van der Waals surface area contributed by atoms with Crippen LogP contribution in [0.3, 0.4) is 0 Å². The molecule has 0 aliphatic rings. The third kappa shape index (κ3) is 3.54. The van der Waals surface area contributed by atoms with Crippen molar-refractivity contribution in [3.63, 3.8) is 0 Å². The fraction of sp³-hybridized carbons (Fsp3) is 0. The van der Waals surface area contributed by atoms with Crippen LogP contribution in [0.1, 0.15) is 1.43 Å². The Kier molecular flexibility index (Phi) is 4.79. The maximum atomic E-state index is 10.4. The molecule has 0 aliphatic heterocycles. The van der Waals surface area contributed by atoms with Crippen LogP contribution in [0.15, 0.2) is 20.1 Å². The molecule has 0 bridgehead atoms. The largest absolute Gasteiger partial charge is 1.00 e. The van der Waals surface area contributed by atoms with E-state index in [1.807, 2.05) is 0 Å². The van der Waals surface area contributed by atoms with Crippen LogP contribution in [-0.2, 0) is 10.1 Å². The molecule has 0 amide bonds. The van der Waals surface area contributed by atoms with Crippen LogP contribution in [-0.4, -0.2) is 13.0 Å². The summed E-state index contributed by atoms with van der Waals surface area (Å²) in [5.74, 6) is 0. The van der Waals surface area contributed by atoms with Crippen LogP contribution in [0.2, 0.25) is 0 Å². The summed E-state index contributed by atoms with van der Waals surface area (Å²) in [4.78, 5) is 0. The molecule has 11 heavy (non-hydrogen) atoms. The first-order valence-corrected chi connectivity index (χ1v) is 5.33. The van der Waals surface area contributed by atoms with Gasteiger partial charge in [-0.1, -0.05) is 0 Å². The summed E-state index contributed by atoms with van der Waals surface area (Å²) < 4.78 is 29.9. The molecule has 1 aromatic heterocycles. The maximum Gasteiger partial charge on any atom is 1.00 e. The molecule has 1 aromatic rings. The summed E-state index contributed by atoms with van der Waals surface area (Å²) in [5.41, 5.74) is 0. The maximum absolute atomic E-state index is 10.4. The van der Waals surface area contributed by atoms with E-state index in [1.165, 1.54) is 6.07 Å². The zero-order valence-electron chi connectivity index (χ0n) is 6.61. The molecule has 0 atom stereocenters. The Labute approximate surface area is 100 Å². The Bertz CT molecular complexity index is 336. The van der Waals surface area contributed by atoms with Crippen molar-refractivity contribution in [2.75, 3.05) is 0 Å². The molecule has 0 saturated carbocycles. The van der Waals surface area contributed by atoms with E-state index >= 15 is 0 Å². The molecule has 0 saturated heterocycles. The Morgan fingerprint density at radius 2 is 2.18 bits per heavy atom. The van der Waals surface area contributed by atoms with Gasteiger partial charge in [0.05, 0.1) is 0 Å². The molecule has 3 nitrogen and oxygen atoms in total. The van der Waals surface area contributed by atoms with Gasteiger partial charge in [0.2, 0.25) is 0 Å². The number of hydrogen-bond donors (Lipinski definition) is 1. The van der Waals surface area contributed by atoms with Gasteiger partial charge in [-0.25, -0.2) is 0 Å². The van der Waals surface area contributed by atoms with E-state index in [2.05, 4.69) is 15.9 Å². The third-order valence-electron chi connectivity index (χ3n) is 0.798. The van der Waals surface area contributed by atoms with Crippen molar-refractivity contribution < 1.29 is 44.0 Å². The van der Waals surface area contributed by atoms with Crippen LogP contribution in [0.5, 0.6) is 0 Å². The molecule has 0 aliphatic carbocycles. The third-order valence-corrected chi connectivity index (χ3v) is 3.83. The number of hydrogen-bond acceptors (Lipinski definition) is 3. The predicted octanol–water partition coefficient (Wildman–Crippen LogP) is -1.13. The topological polar surface area (TPSA) is 54.4 Å². The summed E-state index contributed by atoms with van der Waals surface area (Å²) >= 11 is 4.03. The Hall–Kier alpha value is 1.09. The van der Waals surface area contributed by atoms with E-state index in [-0.39, 0.29) is 35.2 Å². The van der Waals surface area contributed by atoms with Crippen molar-refractivity contribution in [2.24, 2.45) is 0 Å². The fourth-order valence-corrected chi connectivity index (χ4v) is 2.64. The number of thiophene rings is 1. The van der Waals surface area contributed by atoms with Gasteiger partial charge in [0.1, 0.15) is 4.21 Å². The van der Waals surface area contributed by atoms with Gasteiger partial charge in [-0.05, 0) is 22.0 Å². The quantitative estimate of drug-likeness (QED) is 0.517. The SMILES string of the molecule is O=S(=O)(O)c1cc(Br)cs1.[H-].[Na+]. The van der Waals surface area contributed by atoms with Crippen molar-refractivity contribution in [3.05, 3.63) is 15.9 Å². The predicted molar refractivity (Wildman–Crippen MR) is 42.9 cm³/mol. The van der Waals surface area contributed by atoms with Crippen LogP contribution >= 0.6 is 27.3 Å². The Morgan fingerprint density at radius 1 is 1.64 bits per heavy atom. The van der Waals surface area contributed by atoms with Gasteiger partial charge < -0.3 is 1.43 Å². The summed E-state index contributed by atoms with van der Waals surface area (Å²) in [7, 11) is -3.99. The van der Waals surface area contributed by atoms with Crippen molar-refractivity contribution in [1.82, 2.24) is 0 Å². The first-order chi connectivity index (χ1) is 4.50. The minimum absolute atomic E-state index is 0. The van der Waals surface area contributed by atoms with E-state index in [0.717, 1.165) is 11.3 Å². The summed E-state index contributed by atoms with van der Waals surface area (Å²) in [6, 6.07) is 1.35. The standard InChI is InChI=1S/C4H3BrO3S2.Na.H/c5-3-1-4(9-2-3)10(6,7)8;;/h1-2H,(H,6,7,8);;/q;+1;-1. The van der Waals surface area contributed by atoms with Crippen LogP contribution in [0.25, 0.3) is 0 Å². The summed E-state index contributed by atoms with van der Waals surface area (Å²) in [6.07, 6.45) is 0. The smallest absolute Gasteiger partial charge is 1.00 e. The zero-order chi connectivity index (χ0) is 7.78. The van der Waals surface area contributed by atoms with E-state index in [4.69, 9.17) is 4.55 Å². The van der Waals surface area contributed by atoms with Gasteiger partial charge in [0.25, 0.3) is 0 Å². The molecule has 0 spiro atoms. The normalized spacial score (nSPS) is 10.7. The molecular weight excluding hydrogens is 263 g/mol. The average molecular weight is 267 g/mol. The minimum atomic E-state index is -3.99. The molecule has 0 fully saturated rings. The second-order valence-electron chi connectivity index (χ2n) is 1.56.